The fourth-order valence-electron chi connectivity index (χ4n) is 4.69. The molecule has 0 aromatic heterocycles. The van der Waals surface area contributed by atoms with Crippen LogP contribution < -0.4 is 4.90 Å². The lowest BCUT2D eigenvalue weighted by atomic mass is 10.00. The Balaban J connectivity index is 1.33. The number of hydrogen-bond acceptors (Lipinski definition) is 4. The second-order valence-electron chi connectivity index (χ2n) is 8.05. The van der Waals surface area contributed by atoms with Crippen molar-refractivity contribution in [2.45, 2.75) is 30.7 Å². The Morgan fingerprint density at radius 1 is 0.828 bits per heavy atom. The molecule has 5 rings (SSSR count). The fourth-order valence-corrected chi connectivity index (χ4v) is 6.22. The summed E-state index contributed by atoms with van der Waals surface area (Å²) in [6, 6.07) is 13.9. The Hall–Kier alpha value is -2.22. The molecule has 0 atom stereocenters. The van der Waals surface area contributed by atoms with Gasteiger partial charge in [-0.3, -0.25) is 9.69 Å². The molecule has 1 fully saturated rings. The summed E-state index contributed by atoms with van der Waals surface area (Å²) in [5, 5.41) is 0. The average molecular weight is 412 g/mol. The van der Waals surface area contributed by atoms with Crippen molar-refractivity contribution in [1.82, 2.24) is 9.21 Å². The zero-order valence-electron chi connectivity index (χ0n) is 16.4. The number of nitrogens with zero attached hydrogens (tertiary/aromatic N) is 3. The van der Waals surface area contributed by atoms with Crippen molar-refractivity contribution >= 4 is 21.6 Å². The molecule has 0 unspecified atom stereocenters. The number of sulfonamides is 1. The highest BCUT2D eigenvalue weighted by atomic mass is 32.2. The van der Waals surface area contributed by atoms with Crippen molar-refractivity contribution in [3.63, 3.8) is 0 Å². The van der Waals surface area contributed by atoms with E-state index in [1.165, 1.54) is 5.56 Å². The lowest BCUT2D eigenvalue weighted by molar-refractivity contribution is -0.118. The van der Waals surface area contributed by atoms with Crippen LogP contribution in [-0.4, -0.2) is 56.3 Å². The zero-order valence-corrected chi connectivity index (χ0v) is 17.2. The van der Waals surface area contributed by atoms with Crippen molar-refractivity contribution < 1.29 is 13.2 Å². The average Bonchev–Trinajstić information content (AvgIpc) is 3.17. The van der Waals surface area contributed by atoms with E-state index in [0.29, 0.717) is 37.4 Å². The van der Waals surface area contributed by atoms with Crippen LogP contribution in [0.2, 0.25) is 0 Å². The molecule has 29 heavy (non-hydrogen) atoms. The first kappa shape index (κ1) is 18.8. The van der Waals surface area contributed by atoms with Crippen LogP contribution in [0.25, 0.3) is 0 Å². The summed E-state index contributed by atoms with van der Waals surface area (Å²) in [4.78, 5) is 16.6. The van der Waals surface area contributed by atoms with Crippen LogP contribution in [0, 0.1) is 0 Å². The minimum absolute atomic E-state index is 0.154. The van der Waals surface area contributed by atoms with Gasteiger partial charge in [0.15, 0.2) is 0 Å². The Kier molecular flexibility index (Phi) is 4.69. The molecule has 0 radical (unpaired) electrons. The highest BCUT2D eigenvalue weighted by Gasteiger charge is 2.35. The van der Waals surface area contributed by atoms with Crippen molar-refractivity contribution in [3.05, 3.63) is 59.2 Å². The summed E-state index contributed by atoms with van der Waals surface area (Å²) < 4.78 is 28.2. The molecule has 0 bridgehead atoms. The van der Waals surface area contributed by atoms with Crippen molar-refractivity contribution in [1.29, 1.82) is 0 Å². The summed E-state index contributed by atoms with van der Waals surface area (Å²) in [6.07, 6.45) is 1.84. The number of carbonyl (C=O) groups excluding carboxylic acids is 1. The molecule has 0 spiro atoms. The zero-order chi connectivity index (χ0) is 20.0. The maximum absolute atomic E-state index is 13.3. The number of anilines is 1. The van der Waals surface area contributed by atoms with Crippen molar-refractivity contribution in [2.75, 3.05) is 37.6 Å². The number of rotatable bonds is 4. The molecule has 2 aromatic rings. The first-order valence-electron chi connectivity index (χ1n) is 10.2. The van der Waals surface area contributed by atoms with E-state index >= 15 is 0 Å². The van der Waals surface area contributed by atoms with E-state index in [1.807, 2.05) is 23.1 Å². The Labute approximate surface area is 171 Å². The molecule has 0 aliphatic carbocycles. The molecule has 1 saturated heterocycles. The summed E-state index contributed by atoms with van der Waals surface area (Å²) in [6.45, 7) is 3.99. The molecule has 152 valence electrons. The molecule has 7 heteroatoms. The van der Waals surface area contributed by atoms with Crippen LogP contribution >= 0.6 is 0 Å². The number of amides is 1. The number of aryl methyl sites for hydroxylation is 1. The highest BCUT2D eigenvalue weighted by Crippen LogP contribution is 2.39. The maximum Gasteiger partial charge on any atom is 0.243 e. The van der Waals surface area contributed by atoms with Gasteiger partial charge in [-0.2, -0.15) is 4.31 Å². The third-order valence-corrected chi connectivity index (χ3v) is 8.12. The first-order chi connectivity index (χ1) is 14.0. The summed E-state index contributed by atoms with van der Waals surface area (Å²) in [5.41, 5.74) is 4.21. The molecule has 6 nitrogen and oxygen atoms in total. The van der Waals surface area contributed by atoms with Gasteiger partial charge in [-0.05, 0) is 41.7 Å². The molecule has 3 aliphatic heterocycles. The van der Waals surface area contributed by atoms with Crippen LogP contribution in [0.3, 0.4) is 0 Å². The van der Waals surface area contributed by atoms with E-state index in [-0.39, 0.29) is 5.91 Å². The second-order valence-corrected chi connectivity index (χ2v) is 9.99. The molecule has 3 aliphatic rings. The van der Waals surface area contributed by atoms with Gasteiger partial charge in [0.1, 0.15) is 0 Å². The molecule has 0 N–H and O–H groups in total. The molecule has 1 amide bonds. The standard InChI is InChI=1S/C22H25N3O3S/c26-21-7-6-18-14-20(15-19-8-9-25(21)22(18)19)29(27,28)24-12-10-23(11-13-24)16-17-4-2-1-3-5-17/h1-5,14-15H,6-13,16H2. The van der Waals surface area contributed by atoms with Gasteiger partial charge >= 0.3 is 0 Å². The van der Waals surface area contributed by atoms with E-state index in [2.05, 4.69) is 17.0 Å². The predicted octanol–water partition coefficient (Wildman–Crippen LogP) is 2.03. The van der Waals surface area contributed by atoms with Crippen LogP contribution in [0.1, 0.15) is 23.1 Å². The summed E-state index contributed by atoms with van der Waals surface area (Å²) >= 11 is 0. The summed E-state index contributed by atoms with van der Waals surface area (Å²) in [7, 11) is -3.52. The van der Waals surface area contributed by atoms with Crippen molar-refractivity contribution in [3.8, 4) is 0 Å². The first-order valence-corrected chi connectivity index (χ1v) is 11.7. The van der Waals surface area contributed by atoms with E-state index in [0.717, 1.165) is 42.9 Å². The van der Waals surface area contributed by atoms with Crippen LogP contribution in [-0.2, 0) is 34.2 Å². The molecule has 0 saturated carbocycles. The second kappa shape index (κ2) is 7.23. The third kappa shape index (κ3) is 3.37. The smallest absolute Gasteiger partial charge is 0.243 e. The number of hydrogen-bond donors (Lipinski definition) is 0. The van der Waals surface area contributed by atoms with E-state index in [9.17, 15) is 13.2 Å². The predicted molar refractivity (Wildman–Crippen MR) is 111 cm³/mol. The van der Waals surface area contributed by atoms with Gasteiger partial charge in [-0.1, -0.05) is 30.3 Å². The summed E-state index contributed by atoms with van der Waals surface area (Å²) in [5.74, 6) is 0.154. The van der Waals surface area contributed by atoms with Gasteiger partial charge in [0.2, 0.25) is 15.9 Å². The van der Waals surface area contributed by atoms with Gasteiger partial charge in [0.05, 0.1) is 10.6 Å². The van der Waals surface area contributed by atoms with Gasteiger partial charge in [0.25, 0.3) is 0 Å². The van der Waals surface area contributed by atoms with Gasteiger partial charge in [-0.15, -0.1) is 0 Å². The Bertz CT molecular complexity index is 1040. The van der Waals surface area contributed by atoms with Gasteiger partial charge < -0.3 is 4.90 Å². The molecular formula is C22H25N3O3S. The largest absolute Gasteiger partial charge is 0.312 e. The molecule has 2 aromatic carbocycles. The maximum atomic E-state index is 13.3. The SMILES string of the molecule is O=C1CCc2cc(S(=O)(=O)N3CCN(Cc4ccccc4)CC3)cc3c2N1CC3. The lowest BCUT2D eigenvalue weighted by Crippen LogP contribution is -2.48. The van der Waals surface area contributed by atoms with Crippen LogP contribution in [0.5, 0.6) is 0 Å². The van der Waals surface area contributed by atoms with Crippen LogP contribution in [0.4, 0.5) is 5.69 Å². The van der Waals surface area contributed by atoms with E-state index in [4.69, 9.17) is 0 Å². The topological polar surface area (TPSA) is 60.9 Å². The van der Waals surface area contributed by atoms with Crippen molar-refractivity contribution in [2.24, 2.45) is 0 Å². The highest BCUT2D eigenvalue weighted by molar-refractivity contribution is 7.89. The Morgan fingerprint density at radius 3 is 2.24 bits per heavy atom. The van der Waals surface area contributed by atoms with E-state index < -0.39 is 10.0 Å². The molecule has 3 heterocycles. The minimum atomic E-state index is -3.52. The van der Waals surface area contributed by atoms with E-state index in [1.54, 1.807) is 16.4 Å². The monoisotopic (exact) mass is 411 g/mol. The fraction of sp³-hybridized carbons (Fsp3) is 0.409. The van der Waals surface area contributed by atoms with Gasteiger partial charge in [0, 0.05) is 45.7 Å². The van der Waals surface area contributed by atoms with Crippen LogP contribution in [0.15, 0.2) is 47.4 Å². The Morgan fingerprint density at radius 2 is 1.52 bits per heavy atom. The minimum Gasteiger partial charge on any atom is -0.312 e. The lowest BCUT2D eigenvalue weighted by Gasteiger charge is -2.34. The quantitative estimate of drug-likeness (QED) is 0.772. The number of piperazine rings is 1. The molecular weight excluding hydrogens is 386 g/mol. The normalized spacial score (nSPS) is 20.1. The van der Waals surface area contributed by atoms with Gasteiger partial charge in [-0.25, -0.2) is 8.42 Å². The number of benzene rings is 2. The number of carbonyl (C=O) groups is 1. The third-order valence-electron chi connectivity index (χ3n) is 6.24.